The summed E-state index contributed by atoms with van der Waals surface area (Å²) in [4.78, 5) is 13.4. The van der Waals surface area contributed by atoms with E-state index in [4.69, 9.17) is 9.84 Å². The quantitative estimate of drug-likeness (QED) is 0.796. The van der Waals surface area contributed by atoms with E-state index in [1.165, 1.54) is 0 Å². The largest absolute Gasteiger partial charge is 0.444 e. The second-order valence-electron chi connectivity index (χ2n) is 6.79. The maximum atomic E-state index is 11.7. The van der Waals surface area contributed by atoms with Gasteiger partial charge in [-0.2, -0.15) is 0 Å². The zero-order chi connectivity index (χ0) is 14.0. The fourth-order valence-electron chi connectivity index (χ4n) is 1.56. The number of hydrogen-bond acceptors (Lipinski definition) is 4. The number of nitrogens with zero attached hydrogens (tertiary/aromatic N) is 1. The van der Waals surface area contributed by atoms with Crippen LogP contribution in [0.5, 0.6) is 0 Å². The van der Waals surface area contributed by atoms with Gasteiger partial charge in [-0.05, 0) is 20.8 Å². The molecule has 5 heteroatoms. The lowest BCUT2D eigenvalue weighted by Gasteiger charge is -2.41. The maximum absolute atomic E-state index is 11.7. The van der Waals surface area contributed by atoms with Gasteiger partial charge in [-0.1, -0.05) is 13.8 Å². The second-order valence-corrected chi connectivity index (χ2v) is 6.79. The van der Waals surface area contributed by atoms with Crippen molar-refractivity contribution in [1.82, 2.24) is 10.2 Å². The molecule has 0 aromatic rings. The number of aliphatic hydroxyl groups is 1. The third-order valence-electron chi connectivity index (χ3n) is 2.83. The van der Waals surface area contributed by atoms with Crippen molar-refractivity contribution < 1.29 is 14.6 Å². The number of likely N-dealkylation sites (tertiary alicyclic amines) is 1. The average molecular weight is 258 g/mol. The van der Waals surface area contributed by atoms with Gasteiger partial charge in [0.05, 0.1) is 0 Å². The van der Waals surface area contributed by atoms with Crippen LogP contribution >= 0.6 is 0 Å². The van der Waals surface area contributed by atoms with Crippen molar-refractivity contribution in [3.05, 3.63) is 0 Å². The Morgan fingerprint density at radius 2 is 1.89 bits per heavy atom. The van der Waals surface area contributed by atoms with E-state index in [1.54, 1.807) is 4.90 Å². The van der Waals surface area contributed by atoms with Crippen molar-refractivity contribution in [1.29, 1.82) is 0 Å². The van der Waals surface area contributed by atoms with E-state index in [2.05, 4.69) is 5.32 Å². The topological polar surface area (TPSA) is 61.8 Å². The van der Waals surface area contributed by atoms with E-state index in [0.29, 0.717) is 19.1 Å². The van der Waals surface area contributed by atoms with Crippen LogP contribution in [0.2, 0.25) is 0 Å². The van der Waals surface area contributed by atoms with Gasteiger partial charge in [-0.25, -0.2) is 4.79 Å². The molecule has 0 bridgehead atoms. The van der Waals surface area contributed by atoms with Crippen LogP contribution in [-0.4, -0.2) is 54.0 Å². The lowest BCUT2D eigenvalue weighted by atomic mass is 9.94. The van der Waals surface area contributed by atoms with Crippen LogP contribution in [-0.2, 0) is 4.74 Å². The highest BCUT2D eigenvalue weighted by atomic mass is 16.6. The summed E-state index contributed by atoms with van der Waals surface area (Å²) in [5.41, 5.74) is -0.555. The molecule has 1 aliphatic heterocycles. The number of ether oxygens (including phenoxy) is 1. The fraction of sp³-hybridized carbons (Fsp3) is 0.923. The molecular formula is C13H26N2O3. The predicted octanol–water partition coefficient (Wildman–Crippen LogP) is 1.21. The first kappa shape index (κ1) is 15.2. The van der Waals surface area contributed by atoms with Crippen molar-refractivity contribution >= 4 is 6.09 Å². The third-order valence-corrected chi connectivity index (χ3v) is 2.83. The highest BCUT2D eigenvalue weighted by Crippen LogP contribution is 2.17. The molecule has 0 atom stereocenters. The minimum atomic E-state index is -0.436. The van der Waals surface area contributed by atoms with E-state index in [1.807, 2.05) is 34.6 Å². The summed E-state index contributed by atoms with van der Waals surface area (Å²) >= 11 is 0. The Labute approximate surface area is 109 Å². The Morgan fingerprint density at radius 3 is 2.33 bits per heavy atom. The van der Waals surface area contributed by atoms with Crippen LogP contribution in [0.4, 0.5) is 4.79 Å². The maximum Gasteiger partial charge on any atom is 0.410 e. The molecule has 1 heterocycles. The fourth-order valence-corrected chi connectivity index (χ4v) is 1.56. The first-order valence-electron chi connectivity index (χ1n) is 6.45. The summed E-state index contributed by atoms with van der Waals surface area (Å²) in [5.74, 6) is 0. The lowest BCUT2D eigenvalue weighted by molar-refractivity contribution is 0.00389. The molecule has 0 radical (unpaired) electrons. The molecule has 5 nitrogen and oxygen atoms in total. The number of carbonyl (C=O) groups excluding carboxylic acids is 1. The van der Waals surface area contributed by atoms with Crippen LogP contribution in [0.15, 0.2) is 0 Å². The van der Waals surface area contributed by atoms with Crippen molar-refractivity contribution in [3.63, 3.8) is 0 Å². The Morgan fingerprint density at radius 1 is 1.33 bits per heavy atom. The molecule has 1 aliphatic rings. The molecule has 18 heavy (non-hydrogen) atoms. The molecule has 1 amide bonds. The Hall–Kier alpha value is -0.810. The van der Waals surface area contributed by atoms with Crippen LogP contribution in [0.3, 0.4) is 0 Å². The monoisotopic (exact) mass is 258 g/mol. The van der Waals surface area contributed by atoms with Crippen LogP contribution in [0.1, 0.15) is 34.6 Å². The Kier molecular flexibility index (Phi) is 4.61. The van der Waals surface area contributed by atoms with E-state index in [-0.39, 0.29) is 18.1 Å². The third kappa shape index (κ3) is 4.82. The molecule has 106 valence electrons. The smallest absolute Gasteiger partial charge is 0.410 e. The van der Waals surface area contributed by atoms with Gasteiger partial charge in [0, 0.05) is 37.7 Å². The van der Waals surface area contributed by atoms with E-state index >= 15 is 0 Å². The van der Waals surface area contributed by atoms with E-state index in [0.717, 1.165) is 6.54 Å². The van der Waals surface area contributed by atoms with Gasteiger partial charge >= 0.3 is 6.09 Å². The summed E-state index contributed by atoms with van der Waals surface area (Å²) in [5, 5.41) is 12.5. The molecule has 0 spiro atoms. The summed E-state index contributed by atoms with van der Waals surface area (Å²) < 4.78 is 5.28. The molecule has 0 saturated carbocycles. The Balaban J connectivity index is 2.22. The van der Waals surface area contributed by atoms with Crippen molar-refractivity contribution in [2.75, 3.05) is 26.2 Å². The second kappa shape index (κ2) is 5.45. The van der Waals surface area contributed by atoms with Crippen molar-refractivity contribution in [2.24, 2.45) is 5.41 Å². The highest BCUT2D eigenvalue weighted by molar-refractivity contribution is 5.69. The van der Waals surface area contributed by atoms with E-state index < -0.39 is 5.60 Å². The number of amides is 1. The lowest BCUT2D eigenvalue weighted by Crippen LogP contribution is -2.61. The van der Waals surface area contributed by atoms with Gasteiger partial charge in [-0.3, -0.25) is 0 Å². The highest BCUT2D eigenvalue weighted by Gasteiger charge is 2.34. The van der Waals surface area contributed by atoms with Gasteiger partial charge in [0.1, 0.15) is 5.60 Å². The molecular weight excluding hydrogens is 232 g/mol. The summed E-state index contributed by atoms with van der Waals surface area (Å²) in [6, 6.07) is 0.309. The molecule has 2 N–H and O–H groups in total. The minimum Gasteiger partial charge on any atom is -0.444 e. The van der Waals surface area contributed by atoms with Gasteiger partial charge in [-0.15, -0.1) is 0 Å². The van der Waals surface area contributed by atoms with Gasteiger partial charge in [0.2, 0.25) is 0 Å². The number of carbonyl (C=O) groups is 1. The van der Waals surface area contributed by atoms with Gasteiger partial charge < -0.3 is 20.1 Å². The normalized spacial score (nSPS) is 17.6. The first-order chi connectivity index (χ1) is 8.13. The van der Waals surface area contributed by atoms with Crippen LogP contribution in [0, 0.1) is 5.41 Å². The summed E-state index contributed by atoms with van der Waals surface area (Å²) in [6.07, 6.45) is -0.248. The van der Waals surface area contributed by atoms with Crippen LogP contribution in [0.25, 0.3) is 0 Å². The zero-order valence-electron chi connectivity index (χ0n) is 12.1. The number of rotatable bonds is 4. The summed E-state index contributed by atoms with van der Waals surface area (Å²) in [6.45, 7) is 11.9. The molecule has 0 aliphatic carbocycles. The standard InChI is InChI=1S/C13H26N2O3/c1-12(2,3)18-11(17)15-6-10(7-15)14-8-13(4,5)9-16/h10,14,16H,6-9H2,1-5H3. The zero-order valence-corrected chi connectivity index (χ0v) is 12.1. The molecule has 1 rings (SSSR count). The van der Waals surface area contributed by atoms with Gasteiger partial charge in [0.25, 0.3) is 0 Å². The van der Waals surface area contributed by atoms with Crippen LogP contribution < -0.4 is 5.32 Å². The predicted molar refractivity (Wildman–Crippen MR) is 70.5 cm³/mol. The molecule has 0 aromatic carbocycles. The molecule has 0 aromatic heterocycles. The molecule has 1 saturated heterocycles. The number of hydrogen-bond donors (Lipinski definition) is 2. The Bertz CT molecular complexity index is 291. The summed E-state index contributed by atoms with van der Waals surface area (Å²) in [7, 11) is 0. The SMILES string of the molecule is CC(C)(CO)CNC1CN(C(=O)OC(C)(C)C)C1. The van der Waals surface area contributed by atoms with Gasteiger partial charge in [0.15, 0.2) is 0 Å². The minimum absolute atomic E-state index is 0.119. The average Bonchev–Trinajstić information content (AvgIpc) is 2.12. The van der Waals surface area contributed by atoms with Crippen molar-refractivity contribution in [2.45, 2.75) is 46.3 Å². The first-order valence-corrected chi connectivity index (χ1v) is 6.45. The number of nitrogens with one attached hydrogen (secondary N) is 1. The van der Waals surface area contributed by atoms with Crippen molar-refractivity contribution in [3.8, 4) is 0 Å². The van der Waals surface area contributed by atoms with E-state index in [9.17, 15) is 4.79 Å². The number of aliphatic hydroxyl groups excluding tert-OH is 1. The molecule has 1 fully saturated rings. The molecule has 0 unspecified atom stereocenters.